The molecule has 1 unspecified atom stereocenters. The maximum atomic E-state index is 11.9. The summed E-state index contributed by atoms with van der Waals surface area (Å²) in [6.45, 7) is 6.69. The first-order valence-electron chi connectivity index (χ1n) is 3.53. The first-order chi connectivity index (χ1) is 5.45. The van der Waals surface area contributed by atoms with E-state index >= 15 is 0 Å². The zero-order chi connectivity index (χ0) is 9.61. The van der Waals surface area contributed by atoms with E-state index in [1.165, 1.54) is 6.08 Å². The minimum absolute atomic E-state index is 0.131. The van der Waals surface area contributed by atoms with Crippen molar-refractivity contribution < 1.29 is 17.0 Å². The Hall–Kier alpha value is -0.420. The summed E-state index contributed by atoms with van der Waals surface area (Å²) in [5, 5.41) is 0. The van der Waals surface area contributed by atoms with Crippen molar-refractivity contribution in [1.29, 1.82) is 0 Å². The van der Waals surface area contributed by atoms with Gasteiger partial charge in [0.05, 0.1) is 12.7 Å². The zero-order valence-corrected chi connectivity index (χ0v) is 7.68. The van der Waals surface area contributed by atoms with Crippen LogP contribution in [0.4, 0.5) is 3.89 Å². The van der Waals surface area contributed by atoms with Crippen LogP contribution < -0.4 is 0 Å². The average Bonchev–Trinajstić information content (AvgIpc) is 1.84. The molecule has 0 saturated carbocycles. The fourth-order valence-corrected chi connectivity index (χ4v) is 0.904. The molecule has 5 heteroatoms. The van der Waals surface area contributed by atoms with Crippen molar-refractivity contribution in [2.24, 2.45) is 0 Å². The summed E-state index contributed by atoms with van der Waals surface area (Å²) in [6, 6.07) is 0. The molecule has 0 amide bonds. The van der Waals surface area contributed by atoms with Crippen molar-refractivity contribution in [3.63, 3.8) is 0 Å². The van der Waals surface area contributed by atoms with E-state index in [0.29, 0.717) is 6.42 Å². The SMILES string of the molecule is [CH]=CCC(C)OCCS(=O)(=O)F. The van der Waals surface area contributed by atoms with E-state index in [1.807, 2.05) is 0 Å². The third-order valence-corrected chi connectivity index (χ3v) is 1.85. The highest BCUT2D eigenvalue weighted by Crippen LogP contribution is 1.99. The van der Waals surface area contributed by atoms with Crippen molar-refractivity contribution in [2.45, 2.75) is 19.4 Å². The van der Waals surface area contributed by atoms with Gasteiger partial charge in [-0.25, -0.2) is 0 Å². The molecule has 12 heavy (non-hydrogen) atoms. The van der Waals surface area contributed by atoms with Crippen molar-refractivity contribution >= 4 is 10.2 Å². The molecule has 0 heterocycles. The molecule has 0 rings (SSSR count). The van der Waals surface area contributed by atoms with Crippen molar-refractivity contribution in [2.75, 3.05) is 12.4 Å². The summed E-state index contributed by atoms with van der Waals surface area (Å²) in [4.78, 5) is 0. The molecule has 1 radical (unpaired) electrons. The summed E-state index contributed by atoms with van der Waals surface area (Å²) in [5.41, 5.74) is 0. The van der Waals surface area contributed by atoms with Gasteiger partial charge in [-0.1, -0.05) is 12.7 Å². The highest BCUT2D eigenvalue weighted by atomic mass is 32.3. The third-order valence-electron chi connectivity index (χ3n) is 1.20. The molecule has 3 nitrogen and oxygen atoms in total. The predicted octanol–water partition coefficient (Wildman–Crippen LogP) is 1.07. The zero-order valence-electron chi connectivity index (χ0n) is 6.86. The summed E-state index contributed by atoms with van der Waals surface area (Å²) in [7, 11) is -4.40. The molecule has 0 aliphatic heterocycles. The maximum Gasteiger partial charge on any atom is 0.304 e. The fraction of sp³-hybridized carbons (Fsp3) is 0.714. The molecule has 71 valence electrons. The maximum absolute atomic E-state index is 11.9. The Bertz CT molecular complexity index is 223. The van der Waals surface area contributed by atoms with Gasteiger partial charge in [-0.15, -0.1) is 3.89 Å². The standard InChI is InChI=1S/C7H12FO3S/c1-3-4-7(2)11-5-6-12(8,9)10/h1,3,7H,4-6H2,2H3. The van der Waals surface area contributed by atoms with E-state index in [-0.39, 0.29) is 12.7 Å². The molecule has 0 bridgehead atoms. The Morgan fingerprint density at radius 2 is 2.25 bits per heavy atom. The van der Waals surface area contributed by atoms with Crippen LogP contribution in [0.5, 0.6) is 0 Å². The van der Waals surface area contributed by atoms with Crippen LogP contribution in [0.15, 0.2) is 6.08 Å². The molecule has 1 atom stereocenters. The number of ether oxygens (including phenoxy) is 1. The van der Waals surface area contributed by atoms with Gasteiger partial charge >= 0.3 is 10.2 Å². The van der Waals surface area contributed by atoms with Crippen LogP contribution in [0.3, 0.4) is 0 Å². The van der Waals surface area contributed by atoms with Crippen LogP contribution in [-0.2, 0) is 15.0 Å². The first-order valence-corrected chi connectivity index (χ1v) is 5.08. The molecule has 0 saturated heterocycles. The van der Waals surface area contributed by atoms with Crippen LogP contribution >= 0.6 is 0 Å². The van der Waals surface area contributed by atoms with Crippen molar-refractivity contribution in [3.8, 4) is 0 Å². The minimum atomic E-state index is -4.40. The normalized spacial score (nSPS) is 14.2. The molecule has 0 aliphatic rings. The molecule has 0 aromatic heterocycles. The smallest absolute Gasteiger partial charge is 0.304 e. The second-order valence-electron chi connectivity index (χ2n) is 2.40. The van der Waals surface area contributed by atoms with E-state index in [4.69, 9.17) is 11.3 Å². The lowest BCUT2D eigenvalue weighted by atomic mass is 10.3. The van der Waals surface area contributed by atoms with Gasteiger partial charge in [0.15, 0.2) is 0 Å². The minimum Gasteiger partial charge on any atom is -0.377 e. The highest BCUT2D eigenvalue weighted by molar-refractivity contribution is 7.86. The Morgan fingerprint density at radius 3 is 2.67 bits per heavy atom. The van der Waals surface area contributed by atoms with Crippen molar-refractivity contribution in [3.05, 3.63) is 12.7 Å². The number of hydrogen-bond donors (Lipinski definition) is 0. The van der Waals surface area contributed by atoms with Gasteiger partial charge in [0.2, 0.25) is 0 Å². The van der Waals surface area contributed by atoms with Gasteiger partial charge in [-0.3, -0.25) is 0 Å². The molecule has 0 N–H and O–H groups in total. The summed E-state index contributed by atoms with van der Waals surface area (Å²) in [5.74, 6) is -0.595. The van der Waals surface area contributed by atoms with E-state index in [9.17, 15) is 12.3 Å². The monoisotopic (exact) mass is 195 g/mol. The topological polar surface area (TPSA) is 43.4 Å². The molecule has 0 fully saturated rings. The van der Waals surface area contributed by atoms with Gasteiger partial charge in [0.1, 0.15) is 5.75 Å². The van der Waals surface area contributed by atoms with Gasteiger partial charge in [-0.05, 0) is 13.3 Å². The summed E-state index contributed by atoms with van der Waals surface area (Å²) in [6.07, 6.45) is 1.76. The van der Waals surface area contributed by atoms with Gasteiger partial charge < -0.3 is 4.74 Å². The van der Waals surface area contributed by atoms with Crippen LogP contribution in [-0.4, -0.2) is 26.9 Å². The van der Waals surface area contributed by atoms with Crippen LogP contribution in [0, 0.1) is 6.58 Å². The molecule has 0 spiro atoms. The average molecular weight is 195 g/mol. The van der Waals surface area contributed by atoms with Crippen LogP contribution in [0.2, 0.25) is 0 Å². The van der Waals surface area contributed by atoms with Gasteiger partial charge in [0.25, 0.3) is 0 Å². The Kier molecular flexibility index (Phi) is 5.08. The fourth-order valence-electron chi connectivity index (χ4n) is 0.609. The van der Waals surface area contributed by atoms with E-state index in [1.54, 1.807) is 6.92 Å². The van der Waals surface area contributed by atoms with E-state index in [2.05, 4.69) is 0 Å². The second kappa shape index (κ2) is 5.27. The summed E-state index contributed by atoms with van der Waals surface area (Å²) < 4.78 is 36.8. The Balaban J connectivity index is 3.50. The third kappa shape index (κ3) is 7.68. The number of rotatable bonds is 6. The molecule has 0 aromatic carbocycles. The number of hydrogen-bond acceptors (Lipinski definition) is 3. The van der Waals surface area contributed by atoms with Crippen LogP contribution in [0.25, 0.3) is 0 Å². The van der Waals surface area contributed by atoms with E-state index < -0.39 is 16.0 Å². The quantitative estimate of drug-likeness (QED) is 0.595. The lowest BCUT2D eigenvalue weighted by Gasteiger charge is -2.08. The first kappa shape index (κ1) is 11.6. The Labute approximate surface area is 72.4 Å². The molecule has 0 aromatic rings. The molecule has 0 aliphatic carbocycles. The predicted molar refractivity (Wildman–Crippen MR) is 43.8 cm³/mol. The Morgan fingerprint density at radius 1 is 1.67 bits per heavy atom. The largest absolute Gasteiger partial charge is 0.377 e. The summed E-state index contributed by atoms with van der Waals surface area (Å²) >= 11 is 0. The van der Waals surface area contributed by atoms with Crippen molar-refractivity contribution in [1.82, 2.24) is 0 Å². The van der Waals surface area contributed by atoms with Crippen LogP contribution in [0.1, 0.15) is 13.3 Å². The second-order valence-corrected chi connectivity index (χ2v) is 3.88. The lowest BCUT2D eigenvalue weighted by Crippen LogP contribution is -2.13. The van der Waals surface area contributed by atoms with E-state index in [0.717, 1.165) is 0 Å². The molecular formula is C7H12FO3S. The lowest BCUT2D eigenvalue weighted by molar-refractivity contribution is 0.0796. The van der Waals surface area contributed by atoms with Gasteiger partial charge in [-0.2, -0.15) is 8.42 Å². The number of halogens is 1. The molecular weight excluding hydrogens is 183 g/mol. The van der Waals surface area contributed by atoms with Gasteiger partial charge in [0, 0.05) is 0 Å². The highest BCUT2D eigenvalue weighted by Gasteiger charge is 2.07.